The van der Waals surface area contributed by atoms with E-state index >= 15 is 0 Å². The van der Waals surface area contributed by atoms with E-state index in [1.165, 1.54) is 0 Å². The fraction of sp³-hybridized carbons (Fsp3) is 0.375. The Kier molecular flexibility index (Phi) is 10.2. The van der Waals surface area contributed by atoms with Gasteiger partial charge in [0.2, 0.25) is 0 Å². The Balaban J connectivity index is 1.73. The second kappa shape index (κ2) is 12.6. The third-order valence-corrected chi connectivity index (χ3v) is 7.65. The van der Waals surface area contributed by atoms with Crippen LogP contribution in [-0.4, -0.2) is 29.3 Å². The Morgan fingerprint density at radius 1 is 0.933 bits per heavy atom. The van der Waals surface area contributed by atoms with Gasteiger partial charge in [0.25, 0.3) is 5.91 Å². The molecule has 0 bridgehead atoms. The van der Waals surface area contributed by atoms with Crippen LogP contribution in [0.2, 0.25) is 0 Å². The fourth-order valence-corrected chi connectivity index (χ4v) is 5.07. The van der Waals surface area contributed by atoms with Crippen molar-refractivity contribution in [3.8, 4) is 0 Å². The molecule has 0 spiro atoms. The molecule has 0 radical (unpaired) electrons. The predicted octanol–water partition coefficient (Wildman–Crippen LogP) is 5.36. The molecule has 1 N–H and O–H groups in total. The van der Waals surface area contributed by atoms with Crippen molar-refractivity contribution in [3.63, 3.8) is 0 Å². The normalized spacial score (nSPS) is 11.9. The average Bonchev–Trinajstić information content (AvgIpc) is 2.75. The van der Waals surface area contributed by atoms with E-state index < -0.39 is 0 Å². The van der Waals surface area contributed by atoms with E-state index in [9.17, 15) is 14.4 Å². The highest BCUT2D eigenvalue weighted by atomic mass is 33.1. The minimum absolute atomic E-state index is 0.0275. The van der Waals surface area contributed by atoms with Gasteiger partial charge in [-0.15, -0.1) is 0 Å². The molecule has 2 aromatic rings. The molecule has 0 saturated heterocycles. The maximum atomic E-state index is 12.1. The highest BCUT2D eigenvalue weighted by Crippen LogP contribution is 2.38. The van der Waals surface area contributed by atoms with Crippen LogP contribution in [0.25, 0.3) is 0 Å². The number of ketones is 2. The molecule has 0 aliphatic heterocycles. The van der Waals surface area contributed by atoms with Gasteiger partial charge in [0.05, 0.1) is 6.54 Å². The Bertz CT molecular complexity index is 853. The number of nitrogens with one attached hydrogen (secondary N) is 1. The van der Waals surface area contributed by atoms with E-state index in [2.05, 4.69) is 12.2 Å². The molecule has 4 nitrogen and oxygen atoms in total. The summed E-state index contributed by atoms with van der Waals surface area (Å²) in [4.78, 5) is 37.3. The van der Waals surface area contributed by atoms with E-state index in [-0.39, 0.29) is 35.2 Å². The molecule has 0 aromatic heterocycles. The highest BCUT2D eigenvalue weighted by Gasteiger charge is 2.14. The lowest BCUT2D eigenvalue weighted by Crippen LogP contribution is -2.29. The summed E-state index contributed by atoms with van der Waals surface area (Å²) in [6.07, 6.45) is 1.62. The number of rotatable bonds is 12. The summed E-state index contributed by atoms with van der Waals surface area (Å²) in [6.45, 7) is 6.00. The standard InChI is InChI=1S/C24H29NO3S2/c1-17(2)22(27)15-20-11-7-8-12-23(20)30-29-18(3)13-14-21(26)16-25-24(28)19-9-5-4-6-10-19/h4-12,17-18H,13-16H2,1-3H3,(H,25,28). The van der Waals surface area contributed by atoms with Crippen LogP contribution in [-0.2, 0) is 16.0 Å². The number of carbonyl (C=O) groups excluding carboxylic acids is 3. The minimum Gasteiger partial charge on any atom is -0.345 e. The van der Waals surface area contributed by atoms with Crippen molar-refractivity contribution in [2.45, 2.75) is 50.2 Å². The van der Waals surface area contributed by atoms with Crippen LogP contribution in [0.5, 0.6) is 0 Å². The lowest BCUT2D eigenvalue weighted by Gasteiger charge is -2.13. The summed E-state index contributed by atoms with van der Waals surface area (Å²) in [5.74, 6) is 0.0708. The number of hydrogen-bond donors (Lipinski definition) is 1. The lowest BCUT2D eigenvalue weighted by molar-refractivity contribution is -0.121. The molecule has 0 fully saturated rings. The maximum Gasteiger partial charge on any atom is 0.251 e. The lowest BCUT2D eigenvalue weighted by atomic mass is 10.0. The molecule has 0 heterocycles. The molecule has 2 aromatic carbocycles. The van der Waals surface area contributed by atoms with E-state index in [0.29, 0.717) is 18.4 Å². The van der Waals surface area contributed by atoms with Crippen molar-refractivity contribution in [1.29, 1.82) is 0 Å². The minimum atomic E-state index is -0.227. The van der Waals surface area contributed by atoms with Gasteiger partial charge in [-0.3, -0.25) is 14.4 Å². The number of amides is 1. The van der Waals surface area contributed by atoms with Crippen molar-refractivity contribution < 1.29 is 14.4 Å². The number of Topliss-reactive ketones (excluding diaryl/α,β-unsaturated/α-hetero) is 2. The van der Waals surface area contributed by atoms with Gasteiger partial charge in [0.1, 0.15) is 5.78 Å². The van der Waals surface area contributed by atoms with Gasteiger partial charge in [0.15, 0.2) is 5.78 Å². The molecule has 1 atom stereocenters. The second-order valence-electron chi connectivity index (χ2n) is 7.52. The molecule has 30 heavy (non-hydrogen) atoms. The molecule has 1 amide bonds. The highest BCUT2D eigenvalue weighted by molar-refractivity contribution is 8.77. The van der Waals surface area contributed by atoms with Gasteiger partial charge in [-0.05, 0) is 30.2 Å². The van der Waals surface area contributed by atoms with Gasteiger partial charge < -0.3 is 5.32 Å². The molecular formula is C24H29NO3S2. The van der Waals surface area contributed by atoms with Gasteiger partial charge in [-0.2, -0.15) is 0 Å². The smallest absolute Gasteiger partial charge is 0.251 e. The van der Waals surface area contributed by atoms with Crippen LogP contribution < -0.4 is 5.32 Å². The summed E-state index contributed by atoms with van der Waals surface area (Å²) in [5.41, 5.74) is 1.61. The van der Waals surface area contributed by atoms with Gasteiger partial charge in [-0.1, -0.05) is 78.8 Å². The third kappa shape index (κ3) is 8.36. The largest absolute Gasteiger partial charge is 0.345 e. The Hall–Kier alpha value is -2.05. The Labute approximate surface area is 187 Å². The molecule has 0 aliphatic rings. The fourth-order valence-electron chi connectivity index (χ4n) is 2.63. The third-order valence-electron chi connectivity index (χ3n) is 4.60. The zero-order valence-electron chi connectivity index (χ0n) is 17.7. The van der Waals surface area contributed by atoms with Crippen LogP contribution in [0.15, 0.2) is 59.5 Å². The van der Waals surface area contributed by atoms with E-state index in [1.807, 2.05) is 44.2 Å². The zero-order valence-corrected chi connectivity index (χ0v) is 19.4. The number of benzene rings is 2. The van der Waals surface area contributed by atoms with Crippen LogP contribution in [0.4, 0.5) is 0 Å². The maximum absolute atomic E-state index is 12.1. The summed E-state index contributed by atoms with van der Waals surface area (Å²) < 4.78 is 0. The average molecular weight is 444 g/mol. The van der Waals surface area contributed by atoms with Gasteiger partial charge in [-0.25, -0.2) is 0 Å². The Morgan fingerprint density at radius 3 is 2.30 bits per heavy atom. The first-order chi connectivity index (χ1) is 14.4. The molecule has 0 aliphatic carbocycles. The second-order valence-corrected chi connectivity index (χ2v) is 10.2. The van der Waals surface area contributed by atoms with Crippen molar-refractivity contribution in [3.05, 3.63) is 65.7 Å². The Morgan fingerprint density at radius 2 is 1.60 bits per heavy atom. The van der Waals surface area contributed by atoms with E-state index in [1.54, 1.807) is 45.9 Å². The number of carbonyl (C=O) groups is 3. The molecular weight excluding hydrogens is 414 g/mol. The summed E-state index contributed by atoms with van der Waals surface area (Å²) >= 11 is 0. The van der Waals surface area contributed by atoms with Gasteiger partial charge in [0, 0.05) is 34.5 Å². The first-order valence-corrected chi connectivity index (χ1v) is 12.4. The molecule has 2 rings (SSSR count). The monoisotopic (exact) mass is 443 g/mol. The first-order valence-electron chi connectivity index (χ1n) is 10.2. The van der Waals surface area contributed by atoms with E-state index in [4.69, 9.17) is 0 Å². The molecule has 6 heteroatoms. The van der Waals surface area contributed by atoms with Crippen molar-refractivity contribution >= 4 is 39.1 Å². The molecule has 160 valence electrons. The molecule has 1 unspecified atom stereocenters. The SMILES string of the molecule is CC(CCC(=O)CNC(=O)c1ccccc1)SSc1ccccc1CC(=O)C(C)C. The quantitative estimate of drug-likeness (QED) is 0.447. The van der Waals surface area contributed by atoms with Crippen molar-refractivity contribution in [2.24, 2.45) is 5.92 Å². The van der Waals surface area contributed by atoms with Crippen LogP contribution >= 0.6 is 21.6 Å². The predicted molar refractivity (Wildman–Crippen MR) is 126 cm³/mol. The first kappa shape index (κ1) is 24.2. The number of hydrogen-bond acceptors (Lipinski definition) is 5. The van der Waals surface area contributed by atoms with Crippen LogP contribution in [0, 0.1) is 5.92 Å². The van der Waals surface area contributed by atoms with Gasteiger partial charge >= 0.3 is 0 Å². The molecule has 0 saturated carbocycles. The summed E-state index contributed by atoms with van der Waals surface area (Å²) in [5, 5.41) is 2.96. The van der Waals surface area contributed by atoms with Crippen LogP contribution in [0.3, 0.4) is 0 Å². The van der Waals surface area contributed by atoms with Crippen molar-refractivity contribution in [1.82, 2.24) is 5.32 Å². The van der Waals surface area contributed by atoms with E-state index in [0.717, 1.165) is 16.9 Å². The van der Waals surface area contributed by atoms with Crippen LogP contribution in [0.1, 0.15) is 49.5 Å². The zero-order chi connectivity index (χ0) is 21.9. The summed E-state index contributed by atoms with van der Waals surface area (Å²) in [6, 6.07) is 16.9. The summed E-state index contributed by atoms with van der Waals surface area (Å²) in [7, 11) is 3.37. The van der Waals surface area contributed by atoms with Crippen molar-refractivity contribution in [2.75, 3.05) is 6.54 Å². The topological polar surface area (TPSA) is 63.2 Å².